The number of nitrogens with zero attached hydrogens (tertiary/aromatic N) is 1. The molecule has 1 saturated carbocycles. The molecule has 4 aliphatic heterocycles. The molecule has 3 aromatic rings. The van der Waals surface area contributed by atoms with Crippen LogP contribution < -0.4 is 37.1 Å². The number of carbonyl (C=O) groups excluding carboxylic acids is 1. The van der Waals surface area contributed by atoms with Crippen molar-refractivity contribution in [2.45, 2.75) is 82.1 Å². The van der Waals surface area contributed by atoms with Gasteiger partial charge in [0.25, 0.3) is 5.91 Å². The maximum atomic E-state index is 12.0. The molecule has 3 aromatic carbocycles. The Kier molecular flexibility index (Phi) is 13.1. The fourth-order valence-electron chi connectivity index (χ4n) is 9.15. The van der Waals surface area contributed by atoms with Gasteiger partial charge in [0.1, 0.15) is 35.5 Å². The number of rotatable bonds is 16. The largest absolute Gasteiger partial charge is 1.00 e. The first kappa shape index (κ1) is 39.5. The molecule has 288 valence electrons. The van der Waals surface area contributed by atoms with Crippen molar-refractivity contribution in [3.05, 3.63) is 83.4 Å². The molecule has 0 unspecified atom stereocenters. The summed E-state index contributed by atoms with van der Waals surface area (Å²) in [5.41, 5.74) is 2.04. The molecule has 1 aliphatic carbocycles. The summed E-state index contributed by atoms with van der Waals surface area (Å²) < 4.78 is 19.6. The number of benzene rings is 3. The summed E-state index contributed by atoms with van der Waals surface area (Å²) >= 11 is 0. The topological polar surface area (TPSA) is 130 Å². The van der Waals surface area contributed by atoms with E-state index in [0.29, 0.717) is 36.1 Å². The van der Waals surface area contributed by atoms with Crippen molar-refractivity contribution in [1.82, 2.24) is 5.32 Å². The number of piperidine rings is 3. The molecule has 53 heavy (non-hydrogen) atoms. The first-order valence-electron chi connectivity index (χ1n) is 19.4. The van der Waals surface area contributed by atoms with Crippen molar-refractivity contribution in [3.63, 3.8) is 0 Å². The Labute approximate surface area is 324 Å². The van der Waals surface area contributed by atoms with Crippen molar-refractivity contribution in [2.24, 2.45) is 11.8 Å². The van der Waals surface area contributed by atoms with Crippen LogP contribution in [-0.2, 0) is 21.6 Å². The van der Waals surface area contributed by atoms with E-state index < -0.39 is 11.7 Å². The van der Waals surface area contributed by atoms with Crippen molar-refractivity contribution >= 4 is 11.6 Å². The van der Waals surface area contributed by atoms with Crippen LogP contribution in [0.1, 0.15) is 74.7 Å². The minimum Gasteiger partial charge on any atom is -1.00 e. The van der Waals surface area contributed by atoms with E-state index in [1.165, 1.54) is 50.9 Å². The van der Waals surface area contributed by atoms with Crippen LogP contribution in [0.3, 0.4) is 0 Å². The van der Waals surface area contributed by atoms with Gasteiger partial charge in [-0.1, -0.05) is 55.3 Å². The molecule has 5 aliphatic rings. The summed E-state index contributed by atoms with van der Waals surface area (Å²) in [6.45, 7) is 7.78. The zero-order valence-corrected chi connectivity index (χ0v) is 32.4. The number of phenols is 1. The number of ether oxygens (including phenoxy) is 3. The molecule has 11 heteroatoms. The molecular formula is C42H56BrN3O7. The van der Waals surface area contributed by atoms with Gasteiger partial charge >= 0.3 is 0 Å². The third kappa shape index (κ3) is 9.37. The molecular weight excluding hydrogens is 738 g/mol. The fourth-order valence-corrected chi connectivity index (χ4v) is 9.15. The van der Waals surface area contributed by atoms with Crippen LogP contribution in [0.5, 0.6) is 17.2 Å². The summed E-state index contributed by atoms with van der Waals surface area (Å²) in [4.78, 5) is 11.7. The summed E-state index contributed by atoms with van der Waals surface area (Å²) in [6, 6.07) is 21.4. The monoisotopic (exact) mass is 793 g/mol. The second kappa shape index (κ2) is 17.5. The van der Waals surface area contributed by atoms with Gasteiger partial charge in [0, 0.05) is 49.4 Å². The average molecular weight is 795 g/mol. The number of aliphatic hydroxyl groups is 2. The third-order valence-electron chi connectivity index (χ3n) is 12.1. The van der Waals surface area contributed by atoms with Gasteiger partial charge in [-0.05, 0) is 61.4 Å². The maximum absolute atomic E-state index is 12.0. The van der Waals surface area contributed by atoms with Crippen LogP contribution in [0, 0.1) is 11.8 Å². The van der Waals surface area contributed by atoms with Crippen LogP contribution >= 0.6 is 0 Å². The molecule has 3 saturated heterocycles. The van der Waals surface area contributed by atoms with Crippen LogP contribution in [0.4, 0.5) is 5.69 Å². The Morgan fingerprint density at radius 2 is 1.77 bits per heavy atom. The summed E-state index contributed by atoms with van der Waals surface area (Å²) in [5.74, 6) is 1.76. The molecule has 0 aromatic heterocycles. The molecule has 4 heterocycles. The Bertz CT molecular complexity index is 1650. The Morgan fingerprint density at radius 1 is 1.04 bits per heavy atom. The van der Waals surface area contributed by atoms with Gasteiger partial charge in [-0.2, -0.15) is 0 Å². The second-order valence-corrected chi connectivity index (χ2v) is 15.8. The van der Waals surface area contributed by atoms with Crippen molar-refractivity contribution < 1.29 is 55.8 Å². The Morgan fingerprint density at radius 3 is 2.51 bits per heavy atom. The number of carbonyl (C=O) groups is 1. The van der Waals surface area contributed by atoms with E-state index in [2.05, 4.69) is 41.8 Å². The van der Waals surface area contributed by atoms with Gasteiger partial charge in [-0.15, -0.1) is 0 Å². The predicted molar refractivity (Wildman–Crippen MR) is 199 cm³/mol. The minimum atomic E-state index is -0.921. The molecule has 10 nitrogen and oxygen atoms in total. The number of quaternary nitrogens is 1. The molecule has 4 atom stereocenters. The second-order valence-electron chi connectivity index (χ2n) is 15.8. The zero-order valence-electron chi connectivity index (χ0n) is 30.9. The van der Waals surface area contributed by atoms with E-state index >= 15 is 0 Å². The third-order valence-corrected chi connectivity index (χ3v) is 12.1. The predicted octanol–water partition coefficient (Wildman–Crippen LogP) is 2.45. The van der Waals surface area contributed by atoms with Crippen LogP contribution in [-0.4, -0.2) is 90.4 Å². The van der Waals surface area contributed by atoms with E-state index in [1.54, 1.807) is 0 Å². The summed E-state index contributed by atoms with van der Waals surface area (Å²) in [6.07, 6.45) is 7.92. The molecule has 5 N–H and O–H groups in total. The Hall–Kier alpha value is -3.19. The molecule has 2 bridgehead atoms. The van der Waals surface area contributed by atoms with E-state index in [-0.39, 0.29) is 59.9 Å². The number of hydrogen-bond donors (Lipinski definition) is 5. The number of nitrogens with one attached hydrogen (secondary N) is 2. The highest BCUT2D eigenvalue weighted by Gasteiger charge is 2.48. The lowest BCUT2D eigenvalue weighted by atomic mass is 9.80. The average Bonchev–Trinajstić information content (AvgIpc) is 3.72. The standard InChI is InChI=1S/C42H55N3O7.BrH/c1-29(43-25-38(47)36-23-34(46)24-37-41(36)51-27-40(48)44-37)22-30-12-14-35(15-13-30)50-21-7-18-45-19-16-31(17-20-45)39(26-45)52-28-42(49,33-10-5-6-11-33)32-8-3-2-4-9-32;/h2-4,8-9,12-15,23-24,29,31,33,38-39,43,47,49H,5-7,10-11,16-22,25-28H2,1H3,(H-,44,46,48);1H/t29-,31?,38-,39-,42+,45?;/m0./s1. The maximum Gasteiger partial charge on any atom is 0.262 e. The smallest absolute Gasteiger partial charge is 0.262 e. The highest BCUT2D eigenvalue weighted by molar-refractivity contribution is 5.96. The van der Waals surface area contributed by atoms with Crippen LogP contribution in [0.15, 0.2) is 66.7 Å². The lowest BCUT2D eigenvalue weighted by Gasteiger charge is -2.53. The van der Waals surface area contributed by atoms with Crippen molar-refractivity contribution in [2.75, 3.05) is 57.9 Å². The van der Waals surface area contributed by atoms with Crippen LogP contribution in [0.25, 0.3) is 0 Å². The van der Waals surface area contributed by atoms with Crippen LogP contribution in [0.2, 0.25) is 0 Å². The first-order chi connectivity index (χ1) is 25.2. The number of amides is 1. The minimum absolute atomic E-state index is 0. The Balaban J connectivity index is 0.00000481. The highest BCUT2D eigenvalue weighted by atomic mass is 79.9. The SMILES string of the molecule is C[C@@H](Cc1ccc(OCCC[N+]23CCC(CC2)[C@@H](OC[C@@](O)(c2ccccc2)C2CCCC2)C3)cc1)NC[C@H](O)c1cc(O)cc2c1OCC(=O)N2.[Br-]. The summed E-state index contributed by atoms with van der Waals surface area (Å²) in [7, 11) is 0. The van der Waals surface area contributed by atoms with Gasteiger partial charge in [0.2, 0.25) is 0 Å². The van der Waals surface area contributed by atoms with E-state index in [1.807, 2.05) is 30.3 Å². The lowest BCUT2D eigenvalue weighted by molar-refractivity contribution is -0.946. The number of anilines is 1. The molecule has 4 fully saturated rings. The van der Waals surface area contributed by atoms with Crippen molar-refractivity contribution in [1.29, 1.82) is 0 Å². The highest BCUT2D eigenvalue weighted by Crippen LogP contribution is 2.43. The molecule has 1 amide bonds. The molecule has 0 spiro atoms. The van der Waals surface area contributed by atoms with Gasteiger partial charge in [-0.25, -0.2) is 0 Å². The van der Waals surface area contributed by atoms with E-state index in [9.17, 15) is 20.1 Å². The quantitative estimate of drug-likeness (QED) is 0.111. The number of halogens is 1. The van der Waals surface area contributed by atoms with E-state index in [4.69, 9.17) is 14.2 Å². The zero-order chi connectivity index (χ0) is 36.1. The number of aliphatic hydroxyl groups excluding tert-OH is 1. The van der Waals surface area contributed by atoms with Crippen molar-refractivity contribution in [3.8, 4) is 17.2 Å². The number of fused-ring (bicyclic) bond motifs is 4. The summed E-state index contributed by atoms with van der Waals surface area (Å²) in [5, 5.41) is 39.1. The number of phenolic OH excluding ortho intramolecular Hbond substituents is 1. The fraction of sp³-hybridized carbons (Fsp3) is 0.548. The number of hydrogen-bond acceptors (Lipinski definition) is 8. The lowest BCUT2D eigenvalue weighted by Crippen LogP contribution is -3.00. The van der Waals surface area contributed by atoms with Gasteiger partial charge in [0.15, 0.2) is 6.61 Å². The van der Waals surface area contributed by atoms with Gasteiger partial charge < -0.3 is 61.6 Å². The van der Waals surface area contributed by atoms with E-state index in [0.717, 1.165) is 60.1 Å². The van der Waals surface area contributed by atoms with Gasteiger partial charge in [-0.3, -0.25) is 4.79 Å². The first-order valence-corrected chi connectivity index (χ1v) is 19.4. The molecule has 0 radical (unpaired) electrons. The van der Waals surface area contributed by atoms with Gasteiger partial charge in [0.05, 0.1) is 44.6 Å². The number of aromatic hydroxyl groups is 1. The normalized spacial score (nSPS) is 24.6. The molecule has 8 rings (SSSR count).